The van der Waals surface area contributed by atoms with Gasteiger partial charge in [0, 0.05) is 4.90 Å². The van der Waals surface area contributed by atoms with E-state index in [4.69, 9.17) is 0 Å². The lowest BCUT2D eigenvalue weighted by Gasteiger charge is -2.19. The summed E-state index contributed by atoms with van der Waals surface area (Å²) in [6, 6.07) is 8.33. The van der Waals surface area contributed by atoms with Gasteiger partial charge in [0.1, 0.15) is 12.7 Å². The van der Waals surface area contributed by atoms with Gasteiger partial charge >= 0.3 is 0 Å². The van der Waals surface area contributed by atoms with Gasteiger partial charge in [-0.3, -0.25) is 10.2 Å². The number of hydrogen-bond donors (Lipinski definition) is 1. The molecule has 0 saturated carbocycles. The smallest absolute Gasteiger partial charge is 0.249 e. The third kappa shape index (κ3) is 4.09. The highest BCUT2D eigenvalue weighted by molar-refractivity contribution is 8.00. The SMILES string of the molecule is CC(C)(C)c1ccc(SCC(=O)Nn2cnnc2)cc1. The van der Waals surface area contributed by atoms with Crippen molar-refractivity contribution in [3.8, 4) is 0 Å². The molecule has 2 aromatic rings. The minimum atomic E-state index is -0.0882. The highest BCUT2D eigenvalue weighted by Gasteiger charge is 2.13. The Morgan fingerprint density at radius 2 is 1.80 bits per heavy atom. The summed E-state index contributed by atoms with van der Waals surface area (Å²) in [6.07, 6.45) is 2.89. The average molecular weight is 290 g/mol. The molecule has 2 rings (SSSR count). The number of nitrogens with zero attached hydrogens (tertiary/aromatic N) is 3. The van der Waals surface area contributed by atoms with Gasteiger partial charge in [-0.05, 0) is 23.1 Å². The van der Waals surface area contributed by atoms with Crippen LogP contribution in [-0.2, 0) is 10.2 Å². The van der Waals surface area contributed by atoms with E-state index in [2.05, 4.69) is 60.7 Å². The van der Waals surface area contributed by atoms with Crippen LogP contribution in [-0.4, -0.2) is 26.5 Å². The van der Waals surface area contributed by atoms with E-state index in [1.165, 1.54) is 34.7 Å². The summed E-state index contributed by atoms with van der Waals surface area (Å²) in [5.41, 5.74) is 4.10. The van der Waals surface area contributed by atoms with E-state index in [-0.39, 0.29) is 11.3 Å². The minimum absolute atomic E-state index is 0.0882. The van der Waals surface area contributed by atoms with Crippen LogP contribution < -0.4 is 5.43 Å². The zero-order chi connectivity index (χ0) is 14.6. The van der Waals surface area contributed by atoms with Crippen molar-refractivity contribution in [3.63, 3.8) is 0 Å². The first kappa shape index (κ1) is 14.6. The van der Waals surface area contributed by atoms with E-state index in [0.29, 0.717) is 5.75 Å². The molecule has 0 bridgehead atoms. The number of nitrogens with one attached hydrogen (secondary N) is 1. The summed E-state index contributed by atoms with van der Waals surface area (Å²) in [5.74, 6) is 0.266. The fraction of sp³-hybridized carbons (Fsp3) is 0.357. The maximum absolute atomic E-state index is 11.7. The van der Waals surface area contributed by atoms with E-state index in [9.17, 15) is 4.79 Å². The maximum atomic E-state index is 11.7. The molecular weight excluding hydrogens is 272 g/mol. The first-order chi connectivity index (χ1) is 9.45. The number of thioether (sulfide) groups is 1. The van der Waals surface area contributed by atoms with Gasteiger partial charge < -0.3 is 0 Å². The van der Waals surface area contributed by atoms with Gasteiger partial charge in [-0.1, -0.05) is 32.9 Å². The number of hydrogen-bond acceptors (Lipinski definition) is 4. The Morgan fingerprint density at radius 3 is 2.35 bits per heavy atom. The van der Waals surface area contributed by atoms with Gasteiger partial charge in [-0.15, -0.1) is 22.0 Å². The predicted molar refractivity (Wildman–Crippen MR) is 80.3 cm³/mol. The highest BCUT2D eigenvalue weighted by atomic mass is 32.2. The second kappa shape index (κ2) is 6.09. The Hall–Kier alpha value is -1.82. The van der Waals surface area contributed by atoms with E-state index in [1.54, 1.807) is 0 Å². The highest BCUT2D eigenvalue weighted by Crippen LogP contribution is 2.25. The van der Waals surface area contributed by atoms with Crippen molar-refractivity contribution in [3.05, 3.63) is 42.5 Å². The van der Waals surface area contributed by atoms with Crippen LogP contribution in [0.5, 0.6) is 0 Å². The second-order valence-electron chi connectivity index (χ2n) is 5.47. The van der Waals surface area contributed by atoms with Crippen LogP contribution >= 0.6 is 11.8 Å². The normalized spacial score (nSPS) is 11.3. The Bertz CT molecular complexity index is 558. The van der Waals surface area contributed by atoms with Crippen molar-refractivity contribution in [1.82, 2.24) is 14.9 Å². The molecule has 0 atom stereocenters. The van der Waals surface area contributed by atoms with Crippen LogP contribution in [0.3, 0.4) is 0 Å². The predicted octanol–water partition coefficient (Wildman–Crippen LogP) is 2.44. The Labute approximate surface area is 122 Å². The van der Waals surface area contributed by atoms with E-state index in [1.807, 2.05) is 0 Å². The lowest BCUT2D eigenvalue weighted by atomic mass is 9.87. The van der Waals surface area contributed by atoms with Crippen molar-refractivity contribution >= 4 is 17.7 Å². The zero-order valence-electron chi connectivity index (χ0n) is 11.8. The molecule has 106 valence electrons. The fourth-order valence-corrected chi connectivity index (χ4v) is 2.33. The Kier molecular flexibility index (Phi) is 4.44. The van der Waals surface area contributed by atoms with Crippen LogP contribution in [0, 0.1) is 0 Å². The fourth-order valence-electron chi connectivity index (χ4n) is 1.63. The Morgan fingerprint density at radius 1 is 1.20 bits per heavy atom. The van der Waals surface area contributed by atoms with Gasteiger partial charge in [0.2, 0.25) is 5.91 Å². The molecule has 1 amide bonds. The molecule has 5 nitrogen and oxygen atoms in total. The Balaban J connectivity index is 1.86. The zero-order valence-corrected chi connectivity index (χ0v) is 12.6. The number of benzene rings is 1. The van der Waals surface area contributed by atoms with Crippen LogP contribution in [0.1, 0.15) is 26.3 Å². The van der Waals surface area contributed by atoms with E-state index < -0.39 is 0 Å². The summed E-state index contributed by atoms with van der Waals surface area (Å²) < 4.78 is 1.44. The molecule has 6 heteroatoms. The molecule has 0 fully saturated rings. The molecule has 0 aliphatic heterocycles. The van der Waals surface area contributed by atoms with Gasteiger partial charge in [-0.25, -0.2) is 4.68 Å². The van der Waals surface area contributed by atoms with Gasteiger partial charge in [0.15, 0.2) is 0 Å². The quantitative estimate of drug-likeness (QED) is 0.879. The topological polar surface area (TPSA) is 59.8 Å². The van der Waals surface area contributed by atoms with E-state index >= 15 is 0 Å². The molecule has 0 unspecified atom stereocenters. The van der Waals surface area contributed by atoms with E-state index in [0.717, 1.165) is 4.90 Å². The van der Waals surface area contributed by atoms with Crippen molar-refractivity contribution in [1.29, 1.82) is 0 Å². The molecule has 1 N–H and O–H groups in total. The monoisotopic (exact) mass is 290 g/mol. The summed E-state index contributed by atoms with van der Waals surface area (Å²) in [5, 5.41) is 7.24. The van der Waals surface area contributed by atoms with Crippen molar-refractivity contribution in [2.75, 3.05) is 11.2 Å². The molecule has 1 aromatic carbocycles. The molecule has 0 saturated heterocycles. The summed E-state index contributed by atoms with van der Waals surface area (Å²) in [4.78, 5) is 12.8. The van der Waals surface area contributed by atoms with Gasteiger partial charge in [-0.2, -0.15) is 0 Å². The van der Waals surface area contributed by atoms with Crippen LogP contribution in [0.2, 0.25) is 0 Å². The minimum Gasteiger partial charge on any atom is -0.272 e. The standard InChI is InChI=1S/C14H18N4OS/c1-14(2,3)11-4-6-12(7-5-11)20-8-13(19)17-18-9-15-16-10-18/h4-7,9-10H,8H2,1-3H3,(H,17,19). The first-order valence-electron chi connectivity index (χ1n) is 6.33. The third-order valence-electron chi connectivity index (χ3n) is 2.76. The second-order valence-corrected chi connectivity index (χ2v) is 6.52. The summed E-state index contributed by atoms with van der Waals surface area (Å²) in [7, 11) is 0. The molecule has 20 heavy (non-hydrogen) atoms. The molecule has 1 heterocycles. The first-order valence-corrected chi connectivity index (χ1v) is 7.31. The number of carbonyl (C=O) groups excluding carboxylic acids is 1. The van der Waals surface area contributed by atoms with Gasteiger partial charge in [0.05, 0.1) is 5.75 Å². The molecule has 0 spiro atoms. The molecule has 0 radical (unpaired) electrons. The van der Waals surface area contributed by atoms with Crippen LogP contribution in [0.25, 0.3) is 0 Å². The summed E-state index contributed by atoms with van der Waals surface area (Å²) >= 11 is 1.50. The molecule has 1 aromatic heterocycles. The third-order valence-corrected chi connectivity index (χ3v) is 3.77. The summed E-state index contributed by atoms with van der Waals surface area (Å²) in [6.45, 7) is 6.55. The maximum Gasteiger partial charge on any atom is 0.249 e. The lowest BCUT2D eigenvalue weighted by molar-refractivity contribution is -0.114. The van der Waals surface area contributed by atoms with Crippen molar-refractivity contribution < 1.29 is 4.79 Å². The van der Waals surface area contributed by atoms with Gasteiger partial charge in [0.25, 0.3) is 0 Å². The molecular formula is C14H18N4OS. The van der Waals surface area contributed by atoms with Crippen molar-refractivity contribution in [2.45, 2.75) is 31.1 Å². The van der Waals surface area contributed by atoms with Crippen molar-refractivity contribution in [2.24, 2.45) is 0 Å². The largest absolute Gasteiger partial charge is 0.272 e. The van der Waals surface area contributed by atoms with Crippen LogP contribution in [0.4, 0.5) is 0 Å². The van der Waals surface area contributed by atoms with Crippen LogP contribution in [0.15, 0.2) is 41.8 Å². The number of rotatable bonds is 4. The lowest BCUT2D eigenvalue weighted by Crippen LogP contribution is -2.23. The number of aromatic nitrogens is 3. The molecule has 0 aliphatic carbocycles. The molecule has 0 aliphatic rings. The average Bonchev–Trinajstić information content (AvgIpc) is 2.88. The number of amides is 1. The number of carbonyl (C=O) groups is 1.